The van der Waals surface area contributed by atoms with Crippen LogP contribution >= 0.6 is 0 Å². The van der Waals surface area contributed by atoms with Crippen molar-refractivity contribution in [2.75, 3.05) is 0 Å². The molecule has 1 aromatic rings. The molecule has 1 heteroatoms. The van der Waals surface area contributed by atoms with Gasteiger partial charge in [0, 0.05) is 0 Å². The molecular formula is C13H17F. The second-order valence-electron chi connectivity index (χ2n) is 3.57. The number of rotatable bonds is 4. The van der Waals surface area contributed by atoms with Crippen molar-refractivity contribution in [2.24, 2.45) is 0 Å². The molecular weight excluding hydrogens is 175 g/mol. The predicted molar refractivity (Wildman–Crippen MR) is 58.9 cm³/mol. The Bertz CT molecular complexity index is 285. The quantitative estimate of drug-likeness (QED) is 0.624. The molecule has 1 rings (SSSR count). The van der Waals surface area contributed by atoms with Crippen LogP contribution in [0.2, 0.25) is 0 Å². The van der Waals surface area contributed by atoms with Gasteiger partial charge in [-0.3, -0.25) is 0 Å². The summed E-state index contributed by atoms with van der Waals surface area (Å²) < 4.78 is 12.6. The summed E-state index contributed by atoms with van der Waals surface area (Å²) in [5.41, 5.74) is 1.20. The smallest absolute Gasteiger partial charge is 0.123 e. The number of halogens is 1. The second kappa shape index (κ2) is 5.58. The minimum absolute atomic E-state index is 0.162. The van der Waals surface area contributed by atoms with Crippen LogP contribution in [0.5, 0.6) is 0 Å². The first kappa shape index (κ1) is 11.0. The maximum absolute atomic E-state index is 12.6. The van der Waals surface area contributed by atoms with Gasteiger partial charge in [0.15, 0.2) is 0 Å². The van der Waals surface area contributed by atoms with Crippen molar-refractivity contribution >= 4 is 0 Å². The lowest BCUT2D eigenvalue weighted by atomic mass is 9.97. The molecule has 0 aliphatic rings. The first-order valence-electron chi connectivity index (χ1n) is 5.14. The number of hydrogen-bond acceptors (Lipinski definition) is 0. The van der Waals surface area contributed by atoms with Crippen molar-refractivity contribution < 1.29 is 4.39 Å². The molecule has 0 fully saturated rings. The molecule has 76 valence electrons. The maximum Gasteiger partial charge on any atom is 0.123 e. The van der Waals surface area contributed by atoms with Crippen LogP contribution in [0.25, 0.3) is 0 Å². The summed E-state index contributed by atoms with van der Waals surface area (Å²) in [7, 11) is 0. The van der Waals surface area contributed by atoms with Gasteiger partial charge in [-0.15, -0.1) is 0 Å². The Labute approximate surface area is 85.5 Å². The summed E-state index contributed by atoms with van der Waals surface area (Å²) in [6.07, 6.45) is 6.46. The zero-order valence-corrected chi connectivity index (χ0v) is 8.83. The Morgan fingerprint density at radius 2 is 1.86 bits per heavy atom. The summed E-state index contributed by atoms with van der Waals surface area (Å²) >= 11 is 0. The first-order valence-corrected chi connectivity index (χ1v) is 5.14. The van der Waals surface area contributed by atoms with Crippen LogP contribution in [-0.4, -0.2) is 0 Å². The van der Waals surface area contributed by atoms with E-state index >= 15 is 0 Å². The molecule has 0 saturated heterocycles. The summed E-state index contributed by atoms with van der Waals surface area (Å²) in [6, 6.07) is 6.77. The van der Waals surface area contributed by atoms with E-state index in [1.807, 2.05) is 12.1 Å². The third-order valence-electron chi connectivity index (χ3n) is 2.33. The van der Waals surface area contributed by atoms with Crippen molar-refractivity contribution in [3.8, 4) is 0 Å². The third kappa shape index (κ3) is 3.33. The molecule has 0 N–H and O–H groups in total. The van der Waals surface area contributed by atoms with Gasteiger partial charge in [0.05, 0.1) is 0 Å². The van der Waals surface area contributed by atoms with Gasteiger partial charge >= 0.3 is 0 Å². The summed E-state index contributed by atoms with van der Waals surface area (Å²) in [6.45, 7) is 4.28. The van der Waals surface area contributed by atoms with Crippen LogP contribution in [-0.2, 0) is 0 Å². The summed E-state index contributed by atoms with van der Waals surface area (Å²) in [5.74, 6) is 0.309. The Morgan fingerprint density at radius 1 is 1.21 bits per heavy atom. The summed E-state index contributed by atoms with van der Waals surface area (Å²) in [5, 5.41) is 0. The van der Waals surface area contributed by atoms with E-state index in [4.69, 9.17) is 0 Å². The fourth-order valence-electron chi connectivity index (χ4n) is 1.39. The van der Waals surface area contributed by atoms with Crippen LogP contribution < -0.4 is 0 Å². The molecule has 0 amide bonds. The van der Waals surface area contributed by atoms with Crippen molar-refractivity contribution in [3.63, 3.8) is 0 Å². The van der Waals surface area contributed by atoms with Crippen LogP contribution in [0.1, 0.15) is 38.2 Å². The van der Waals surface area contributed by atoms with Crippen LogP contribution in [0.3, 0.4) is 0 Å². The lowest BCUT2D eigenvalue weighted by molar-refractivity contribution is 0.625. The molecule has 14 heavy (non-hydrogen) atoms. The molecule has 0 aliphatic heterocycles. The van der Waals surface area contributed by atoms with Gasteiger partial charge in [0.2, 0.25) is 0 Å². The average molecular weight is 192 g/mol. The monoisotopic (exact) mass is 192 g/mol. The van der Waals surface area contributed by atoms with E-state index in [2.05, 4.69) is 26.0 Å². The van der Waals surface area contributed by atoms with Crippen molar-refractivity contribution in [3.05, 3.63) is 47.8 Å². The number of hydrogen-bond donors (Lipinski definition) is 0. The largest absolute Gasteiger partial charge is 0.207 e. The van der Waals surface area contributed by atoms with Gasteiger partial charge in [0.1, 0.15) is 5.82 Å². The predicted octanol–water partition coefficient (Wildman–Crippen LogP) is 4.29. The van der Waals surface area contributed by atoms with E-state index in [9.17, 15) is 4.39 Å². The maximum atomic E-state index is 12.6. The SMILES string of the molecule is CC/C=C\CC(C)c1ccc(F)cc1. The fraction of sp³-hybridized carbons (Fsp3) is 0.385. The highest BCUT2D eigenvalue weighted by Crippen LogP contribution is 2.19. The van der Waals surface area contributed by atoms with E-state index in [-0.39, 0.29) is 5.82 Å². The highest BCUT2D eigenvalue weighted by atomic mass is 19.1. The van der Waals surface area contributed by atoms with Gasteiger partial charge in [-0.25, -0.2) is 4.39 Å². The number of allylic oxidation sites excluding steroid dienone is 2. The average Bonchev–Trinajstić information content (AvgIpc) is 2.19. The minimum atomic E-state index is -0.162. The van der Waals surface area contributed by atoms with Crippen LogP contribution in [0, 0.1) is 5.82 Å². The van der Waals surface area contributed by atoms with Crippen LogP contribution in [0.15, 0.2) is 36.4 Å². The Hall–Kier alpha value is -1.11. The lowest BCUT2D eigenvalue weighted by Crippen LogP contribution is -1.91. The Balaban J connectivity index is 2.56. The minimum Gasteiger partial charge on any atom is -0.207 e. The number of benzene rings is 1. The van der Waals surface area contributed by atoms with Crippen molar-refractivity contribution in [1.29, 1.82) is 0 Å². The highest BCUT2D eigenvalue weighted by molar-refractivity contribution is 5.20. The molecule has 0 heterocycles. The molecule has 0 spiro atoms. The second-order valence-corrected chi connectivity index (χ2v) is 3.57. The van der Waals surface area contributed by atoms with E-state index < -0.39 is 0 Å². The highest BCUT2D eigenvalue weighted by Gasteiger charge is 2.02. The van der Waals surface area contributed by atoms with E-state index in [0.717, 1.165) is 12.8 Å². The van der Waals surface area contributed by atoms with E-state index in [1.54, 1.807) is 0 Å². The topological polar surface area (TPSA) is 0 Å². The zero-order chi connectivity index (χ0) is 10.4. The molecule has 1 aromatic carbocycles. The van der Waals surface area contributed by atoms with Crippen LogP contribution in [0.4, 0.5) is 4.39 Å². The molecule has 0 saturated carbocycles. The molecule has 0 aromatic heterocycles. The van der Waals surface area contributed by atoms with Gasteiger partial charge in [-0.05, 0) is 36.5 Å². The first-order chi connectivity index (χ1) is 6.74. The normalized spacial score (nSPS) is 13.4. The Morgan fingerprint density at radius 3 is 2.43 bits per heavy atom. The standard InChI is InChI=1S/C13H17F/c1-3-4-5-6-11(2)12-7-9-13(14)10-8-12/h4-5,7-11H,3,6H2,1-2H3/b5-4-. The molecule has 0 nitrogen and oxygen atoms in total. The molecule has 1 unspecified atom stereocenters. The third-order valence-corrected chi connectivity index (χ3v) is 2.33. The van der Waals surface area contributed by atoms with E-state index in [0.29, 0.717) is 5.92 Å². The van der Waals surface area contributed by atoms with Gasteiger partial charge in [-0.2, -0.15) is 0 Å². The lowest BCUT2D eigenvalue weighted by Gasteiger charge is -2.08. The Kier molecular flexibility index (Phi) is 4.37. The van der Waals surface area contributed by atoms with Crippen molar-refractivity contribution in [1.82, 2.24) is 0 Å². The van der Waals surface area contributed by atoms with Crippen molar-refractivity contribution in [2.45, 2.75) is 32.6 Å². The zero-order valence-electron chi connectivity index (χ0n) is 8.83. The molecule has 0 bridgehead atoms. The van der Waals surface area contributed by atoms with E-state index in [1.165, 1.54) is 17.7 Å². The van der Waals surface area contributed by atoms with Gasteiger partial charge < -0.3 is 0 Å². The molecule has 1 atom stereocenters. The van der Waals surface area contributed by atoms with Gasteiger partial charge in [-0.1, -0.05) is 38.1 Å². The fourth-order valence-corrected chi connectivity index (χ4v) is 1.39. The summed E-state index contributed by atoms with van der Waals surface area (Å²) in [4.78, 5) is 0. The molecule has 0 radical (unpaired) electrons. The molecule has 0 aliphatic carbocycles. The van der Waals surface area contributed by atoms with Gasteiger partial charge in [0.25, 0.3) is 0 Å².